The number of nitrogens with zero attached hydrogens (tertiary/aromatic N) is 3. The molecule has 0 atom stereocenters. The molecule has 1 aromatic rings. The van der Waals surface area contributed by atoms with Gasteiger partial charge in [0.2, 0.25) is 5.15 Å². The highest BCUT2D eigenvalue weighted by Crippen LogP contribution is 2.36. The van der Waals surface area contributed by atoms with Crippen LogP contribution in [0.2, 0.25) is 5.15 Å². The van der Waals surface area contributed by atoms with Crippen molar-refractivity contribution in [3.8, 4) is 0 Å². The summed E-state index contributed by atoms with van der Waals surface area (Å²) < 4.78 is 5.06. The summed E-state index contributed by atoms with van der Waals surface area (Å²) in [6.45, 7) is 7.77. The summed E-state index contributed by atoms with van der Waals surface area (Å²) in [7, 11) is 0. The van der Waals surface area contributed by atoms with Gasteiger partial charge in [-0.05, 0) is 25.8 Å². The van der Waals surface area contributed by atoms with Gasteiger partial charge in [0.05, 0.1) is 11.5 Å². The van der Waals surface area contributed by atoms with Crippen LogP contribution in [0.3, 0.4) is 0 Å². The van der Waals surface area contributed by atoms with Gasteiger partial charge in [-0.3, -0.25) is 14.9 Å². The number of hydrogen-bond acceptors (Lipinski definition) is 6. The molecule has 0 saturated carbocycles. The van der Waals surface area contributed by atoms with Crippen LogP contribution < -0.4 is 4.90 Å². The van der Waals surface area contributed by atoms with Crippen LogP contribution in [0.15, 0.2) is 6.07 Å². The average molecular weight is 372 g/mol. The standard InChI is InChI=1S/C17H26ClN3O4/c1-5-7-14(8-6-2)20(9-10-25-13(4)22)15-11-12(3)19-17(18)16(15)21(23)24/h11,14H,5-10H2,1-4H3. The average Bonchev–Trinajstić information content (AvgIpc) is 2.50. The Morgan fingerprint density at radius 2 is 2.00 bits per heavy atom. The molecule has 0 N–H and O–H groups in total. The predicted molar refractivity (Wildman–Crippen MR) is 98.2 cm³/mol. The van der Waals surface area contributed by atoms with Gasteiger partial charge in [-0.2, -0.15) is 0 Å². The summed E-state index contributed by atoms with van der Waals surface area (Å²) in [5.41, 5.74) is 0.837. The highest BCUT2D eigenvalue weighted by atomic mass is 35.5. The van der Waals surface area contributed by atoms with E-state index in [1.807, 2.05) is 4.90 Å². The number of hydrogen-bond donors (Lipinski definition) is 0. The zero-order chi connectivity index (χ0) is 19.0. The molecule has 0 spiro atoms. The second-order valence-corrected chi connectivity index (χ2v) is 6.30. The Morgan fingerprint density at radius 1 is 1.40 bits per heavy atom. The number of carbonyl (C=O) groups is 1. The van der Waals surface area contributed by atoms with Gasteiger partial charge < -0.3 is 9.64 Å². The molecule has 1 heterocycles. The lowest BCUT2D eigenvalue weighted by atomic mass is 10.0. The number of halogens is 1. The molecular weight excluding hydrogens is 346 g/mol. The summed E-state index contributed by atoms with van der Waals surface area (Å²) in [6.07, 6.45) is 3.65. The van der Waals surface area contributed by atoms with Crippen molar-refractivity contribution in [2.75, 3.05) is 18.1 Å². The van der Waals surface area contributed by atoms with Crippen LogP contribution >= 0.6 is 11.6 Å². The van der Waals surface area contributed by atoms with Crippen LogP contribution in [0.5, 0.6) is 0 Å². The zero-order valence-electron chi connectivity index (χ0n) is 15.2. The Morgan fingerprint density at radius 3 is 2.48 bits per heavy atom. The van der Waals surface area contributed by atoms with Gasteiger partial charge in [-0.1, -0.05) is 38.3 Å². The normalized spacial score (nSPS) is 10.8. The molecule has 0 bridgehead atoms. The van der Waals surface area contributed by atoms with Crippen molar-refractivity contribution in [1.29, 1.82) is 0 Å². The largest absolute Gasteiger partial charge is 0.464 e. The number of aryl methyl sites for hydroxylation is 1. The molecule has 0 saturated heterocycles. The van der Waals surface area contributed by atoms with Crippen LogP contribution in [0.4, 0.5) is 11.4 Å². The predicted octanol–water partition coefficient (Wildman–Crippen LogP) is 4.29. The van der Waals surface area contributed by atoms with E-state index in [0.717, 1.165) is 25.7 Å². The minimum absolute atomic E-state index is 0.0992. The molecule has 1 aromatic heterocycles. The van der Waals surface area contributed by atoms with E-state index in [1.54, 1.807) is 13.0 Å². The molecule has 0 unspecified atom stereocenters. The molecule has 0 aliphatic heterocycles. The summed E-state index contributed by atoms with van der Waals surface area (Å²) in [4.78, 5) is 28.1. The molecule has 0 amide bonds. The van der Waals surface area contributed by atoms with E-state index in [1.165, 1.54) is 6.92 Å². The van der Waals surface area contributed by atoms with Crippen molar-refractivity contribution >= 4 is 28.9 Å². The van der Waals surface area contributed by atoms with Crippen LogP contribution in [0.1, 0.15) is 52.1 Å². The van der Waals surface area contributed by atoms with E-state index in [-0.39, 0.29) is 29.5 Å². The molecule has 1 rings (SSSR count). The third-order valence-corrected chi connectivity index (χ3v) is 4.14. The molecule has 0 aliphatic carbocycles. The minimum atomic E-state index is -0.502. The lowest BCUT2D eigenvalue weighted by Crippen LogP contribution is -2.38. The fourth-order valence-corrected chi connectivity index (χ4v) is 3.21. The number of pyridine rings is 1. The van der Waals surface area contributed by atoms with Crippen LogP contribution in [0.25, 0.3) is 0 Å². The minimum Gasteiger partial charge on any atom is -0.464 e. The smallest absolute Gasteiger partial charge is 0.329 e. The van der Waals surface area contributed by atoms with Gasteiger partial charge in [-0.15, -0.1) is 0 Å². The molecule has 0 aromatic carbocycles. The van der Waals surface area contributed by atoms with Crippen molar-refractivity contribution in [2.45, 2.75) is 59.4 Å². The Bertz CT molecular complexity index is 604. The van der Waals surface area contributed by atoms with Crippen LogP contribution in [-0.2, 0) is 9.53 Å². The number of nitro groups is 1. The zero-order valence-corrected chi connectivity index (χ0v) is 16.0. The Labute approximate surface area is 153 Å². The summed E-state index contributed by atoms with van der Waals surface area (Å²) in [5, 5.41) is 11.4. The SMILES string of the molecule is CCCC(CCC)N(CCOC(C)=O)c1cc(C)nc(Cl)c1[N+](=O)[O-]. The molecule has 0 aliphatic rings. The summed E-state index contributed by atoms with van der Waals surface area (Å²) >= 11 is 6.05. The Kier molecular flexibility index (Phi) is 8.61. The van der Waals surface area contributed by atoms with Crippen molar-refractivity contribution in [1.82, 2.24) is 4.98 Å². The van der Waals surface area contributed by atoms with Gasteiger partial charge >= 0.3 is 11.7 Å². The maximum atomic E-state index is 11.5. The van der Waals surface area contributed by atoms with Crippen LogP contribution in [0, 0.1) is 17.0 Å². The van der Waals surface area contributed by atoms with Gasteiger partial charge in [0, 0.05) is 18.7 Å². The fraction of sp³-hybridized carbons (Fsp3) is 0.647. The van der Waals surface area contributed by atoms with Gasteiger partial charge in [0.1, 0.15) is 12.3 Å². The van der Waals surface area contributed by atoms with Crippen LogP contribution in [-0.4, -0.2) is 35.1 Å². The molecular formula is C17H26ClN3O4. The first-order valence-corrected chi connectivity index (χ1v) is 8.91. The maximum absolute atomic E-state index is 11.5. The van der Waals surface area contributed by atoms with Crippen molar-refractivity contribution in [3.63, 3.8) is 0 Å². The molecule has 7 nitrogen and oxygen atoms in total. The number of carbonyl (C=O) groups excluding carboxylic acids is 1. The van der Waals surface area contributed by atoms with E-state index < -0.39 is 4.92 Å². The van der Waals surface area contributed by atoms with Crippen molar-refractivity contribution < 1.29 is 14.5 Å². The lowest BCUT2D eigenvalue weighted by molar-refractivity contribution is -0.384. The number of ether oxygens (including phenoxy) is 1. The van der Waals surface area contributed by atoms with E-state index in [4.69, 9.17) is 16.3 Å². The topological polar surface area (TPSA) is 85.6 Å². The van der Waals surface area contributed by atoms with Gasteiger partial charge in [-0.25, -0.2) is 4.98 Å². The van der Waals surface area contributed by atoms with E-state index in [2.05, 4.69) is 18.8 Å². The Balaban J connectivity index is 3.33. The highest BCUT2D eigenvalue weighted by molar-refractivity contribution is 6.32. The summed E-state index contributed by atoms with van der Waals surface area (Å²) in [6, 6.07) is 1.78. The number of anilines is 1. The van der Waals surface area contributed by atoms with E-state index >= 15 is 0 Å². The second-order valence-electron chi connectivity index (χ2n) is 5.94. The number of aromatic nitrogens is 1. The maximum Gasteiger partial charge on any atom is 0.329 e. The van der Waals surface area contributed by atoms with E-state index in [9.17, 15) is 14.9 Å². The number of rotatable bonds is 10. The third-order valence-electron chi connectivity index (χ3n) is 3.87. The first kappa shape index (κ1) is 21.2. The molecule has 25 heavy (non-hydrogen) atoms. The molecule has 0 fully saturated rings. The Hall–Kier alpha value is -1.89. The van der Waals surface area contributed by atoms with Gasteiger partial charge in [0.15, 0.2) is 0 Å². The molecule has 140 valence electrons. The molecule has 0 radical (unpaired) electrons. The monoisotopic (exact) mass is 371 g/mol. The quantitative estimate of drug-likeness (QED) is 0.264. The number of esters is 1. The van der Waals surface area contributed by atoms with Gasteiger partial charge in [0.25, 0.3) is 0 Å². The highest BCUT2D eigenvalue weighted by Gasteiger charge is 2.29. The van der Waals surface area contributed by atoms with Crippen molar-refractivity contribution in [3.05, 3.63) is 27.0 Å². The first-order valence-electron chi connectivity index (χ1n) is 8.53. The lowest BCUT2D eigenvalue weighted by Gasteiger charge is -2.33. The van der Waals surface area contributed by atoms with Crippen molar-refractivity contribution in [2.24, 2.45) is 0 Å². The third kappa shape index (κ3) is 6.16. The van der Waals surface area contributed by atoms with E-state index in [0.29, 0.717) is 17.9 Å². The fourth-order valence-electron chi connectivity index (χ4n) is 2.91. The first-order chi connectivity index (χ1) is 11.8. The summed E-state index contributed by atoms with van der Waals surface area (Å²) in [5.74, 6) is -0.374. The second kappa shape index (κ2) is 10.2. The molecule has 8 heteroatoms.